The fourth-order valence-electron chi connectivity index (χ4n) is 2.53. The van der Waals surface area contributed by atoms with Crippen LogP contribution in [-0.2, 0) is 0 Å². The van der Waals surface area contributed by atoms with Crippen molar-refractivity contribution in [1.82, 2.24) is 14.8 Å². The molecule has 3 heterocycles. The van der Waals surface area contributed by atoms with Crippen LogP contribution in [0.3, 0.4) is 0 Å². The minimum Gasteiger partial charge on any atom is -0.339 e. The van der Waals surface area contributed by atoms with Gasteiger partial charge < -0.3 is 10.6 Å². The van der Waals surface area contributed by atoms with E-state index in [1.807, 2.05) is 0 Å². The summed E-state index contributed by atoms with van der Waals surface area (Å²) in [7, 11) is 0. The highest BCUT2D eigenvalue weighted by Crippen LogP contribution is 2.34. The Hall–Kier alpha value is -3.29. The molecule has 2 aromatic heterocycles. The predicted octanol–water partition coefficient (Wildman–Crippen LogP) is 3.19. The summed E-state index contributed by atoms with van der Waals surface area (Å²) in [5.41, 5.74) is 1.97. The van der Waals surface area contributed by atoms with Gasteiger partial charge in [-0.1, -0.05) is 18.2 Å². The number of nitrogens with one attached hydrogen (secondary N) is 2. The molecule has 1 amide bonds. The van der Waals surface area contributed by atoms with Crippen LogP contribution in [0.2, 0.25) is 0 Å². The molecule has 0 saturated carbocycles. The molecule has 2 aliphatic rings. The third kappa shape index (κ3) is 2.82. The van der Waals surface area contributed by atoms with Crippen molar-refractivity contribution in [1.29, 1.82) is 0 Å². The zero-order valence-electron chi connectivity index (χ0n) is 13.1. The molecule has 0 spiro atoms. The lowest BCUT2D eigenvalue weighted by atomic mass is 10.2. The molecule has 0 radical (unpaired) electrons. The number of halogens is 2. The van der Waals surface area contributed by atoms with E-state index in [2.05, 4.69) is 20.7 Å². The van der Waals surface area contributed by atoms with Crippen molar-refractivity contribution in [2.75, 3.05) is 10.6 Å². The fourth-order valence-corrected chi connectivity index (χ4v) is 2.53. The largest absolute Gasteiger partial charge is 0.339 e. The number of nitrogens with zero attached hydrogens (tertiary/aromatic N) is 3. The normalized spacial score (nSPS) is 15.0. The van der Waals surface area contributed by atoms with E-state index in [0.717, 1.165) is 15.9 Å². The van der Waals surface area contributed by atoms with Crippen LogP contribution in [0.25, 0.3) is 5.70 Å². The van der Waals surface area contributed by atoms with Crippen LogP contribution < -0.4 is 10.6 Å². The maximum Gasteiger partial charge on any atom is 0.280 e. The van der Waals surface area contributed by atoms with E-state index >= 15 is 0 Å². The number of aromatic nitrogens is 3. The van der Waals surface area contributed by atoms with Gasteiger partial charge in [-0.3, -0.25) is 4.79 Å². The van der Waals surface area contributed by atoms with E-state index < -0.39 is 12.3 Å². The Balaban J connectivity index is 1.68. The van der Waals surface area contributed by atoms with Crippen molar-refractivity contribution in [2.45, 2.75) is 13.3 Å². The fraction of sp³-hybridized carbons (Fsp3) is 0.118. The maximum atomic E-state index is 13.3. The second kappa shape index (κ2) is 5.66. The van der Waals surface area contributed by atoms with Crippen LogP contribution in [0.1, 0.15) is 16.1 Å². The first-order valence-electron chi connectivity index (χ1n) is 7.55. The molecule has 8 heteroatoms. The predicted molar refractivity (Wildman–Crippen MR) is 89.2 cm³/mol. The molecule has 1 aliphatic carbocycles. The van der Waals surface area contributed by atoms with Gasteiger partial charge in [-0.15, -0.1) is 0 Å². The summed E-state index contributed by atoms with van der Waals surface area (Å²) in [6.45, 7) is 1.81. The number of hydrogen-bond acceptors (Lipinski definition) is 4. The molecule has 0 unspecified atom stereocenters. The van der Waals surface area contributed by atoms with Crippen LogP contribution >= 0.6 is 0 Å². The lowest BCUT2D eigenvalue weighted by molar-refractivity contribution is 0.102. The van der Waals surface area contributed by atoms with Crippen LogP contribution in [0.4, 0.5) is 20.4 Å². The molecule has 4 rings (SSSR count). The number of aryl methyl sites for hydroxylation is 1. The van der Waals surface area contributed by atoms with Gasteiger partial charge in [0.05, 0.1) is 6.20 Å². The molecule has 6 nitrogen and oxygen atoms in total. The lowest BCUT2D eigenvalue weighted by Gasteiger charge is -2.20. The van der Waals surface area contributed by atoms with Crippen molar-refractivity contribution < 1.29 is 13.6 Å². The van der Waals surface area contributed by atoms with Gasteiger partial charge in [0, 0.05) is 11.4 Å². The Bertz CT molecular complexity index is 963. The van der Waals surface area contributed by atoms with Crippen LogP contribution in [0.15, 0.2) is 53.9 Å². The maximum absolute atomic E-state index is 13.3. The second-order valence-corrected chi connectivity index (χ2v) is 5.63. The summed E-state index contributed by atoms with van der Waals surface area (Å²) in [6, 6.07) is 5.22. The van der Waals surface area contributed by atoms with Crippen molar-refractivity contribution in [3.8, 4) is 0 Å². The highest BCUT2D eigenvalue weighted by molar-refractivity contribution is 6.07. The van der Waals surface area contributed by atoms with Gasteiger partial charge in [-0.05, 0) is 30.7 Å². The van der Waals surface area contributed by atoms with E-state index in [1.165, 1.54) is 12.3 Å². The monoisotopic (exact) mass is 341 g/mol. The van der Waals surface area contributed by atoms with Crippen LogP contribution in [-0.4, -0.2) is 27.1 Å². The molecule has 2 aromatic rings. The molecular formula is C17H13F2N5O. The van der Waals surface area contributed by atoms with Crippen molar-refractivity contribution in [2.24, 2.45) is 0 Å². The highest BCUT2D eigenvalue weighted by atomic mass is 19.3. The van der Waals surface area contributed by atoms with Gasteiger partial charge in [0.15, 0.2) is 0 Å². The molecule has 126 valence electrons. The number of anilines is 2. The van der Waals surface area contributed by atoms with Crippen molar-refractivity contribution in [3.63, 3.8) is 0 Å². The Morgan fingerprint density at radius 2 is 2.12 bits per heavy atom. The smallest absolute Gasteiger partial charge is 0.280 e. The minimum atomic E-state index is -2.72. The zero-order valence-corrected chi connectivity index (χ0v) is 13.1. The summed E-state index contributed by atoms with van der Waals surface area (Å²) >= 11 is 0. The quantitative estimate of drug-likeness (QED) is 0.899. The number of fused-ring (bicyclic) bond motifs is 1. The molecule has 0 atom stereocenters. The highest BCUT2D eigenvalue weighted by Gasteiger charge is 2.29. The lowest BCUT2D eigenvalue weighted by Crippen LogP contribution is -2.20. The third-order valence-corrected chi connectivity index (χ3v) is 3.80. The average Bonchev–Trinajstić information content (AvgIpc) is 3.33. The first-order chi connectivity index (χ1) is 12.0. The van der Waals surface area contributed by atoms with E-state index in [0.29, 0.717) is 11.5 Å². The minimum absolute atomic E-state index is 0.160. The van der Waals surface area contributed by atoms with E-state index in [-0.39, 0.29) is 17.1 Å². The Kier molecular flexibility index (Phi) is 3.45. The molecule has 25 heavy (non-hydrogen) atoms. The van der Waals surface area contributed by atoms with Gasteiger partial charge in [0.1, 0.15) is 22.9 Å². The Morgan fingerprint density at radius 1 is 1.32 bits per heavy atom. The zero-order chi connectivity index (χ0) is 17.6. The van der Waals surface area contributed by atoms with Crippen LogP contribution in [0, 0.1) is 6.92 Å². The molecule has 0 aromatic carbocycles. The summed E-state index contributed by atoms with van der Waals surface area (Å²) in [5, 5.41) is 9.59. The van der Waals surface area contributed by atoms with Gasteiger partial charge in [0.25, 0.3) is 12.3 Å². The van der Waals surface area contributed by atoms with E-state index in [9.17, 15) is 13.6 Å². The Labute approximate surface area is 141 Å². The van der Waals surface area contributed by atoms with Gasteiger partial charge in [-0.25, -0.2) is 18.4 Å². The van der Waals surface area contributed by atoms with E-state index in [4.69, 9.17) is 0 Å². The van der Waals surface area contributed by atoms with Gasteiger partial charge >= 0.3 is 0 Å². The topological polar surface area (TPSA) is 71.8 Å². The van der Waals surface area contributed by atoms with Crippen LogP contribution in [0.5, 0.6) is 0 Å². The molecule has 2 N–H and O–H groups in total. The summed E-state index contributed by atoms with van der Waals surface area (Å²) in [6.07, 6.45) is 3.47. The standard InChI is InChI=1S/C17H13F2N5O/c1-9-3-2-4-14(21-9)23-17(25)11-8-20-24-13(15(18)19)7-12(10-5-6-10)22-16(11)24/h2-8,15,22H,1H3,(H,21,23,25). The summed E-state index contributed by atoms with van der Waals surface area (Å²) in [5.74, 6) is 0.113. The molecule has 0 fully saturated rings. The third-order valence-electron chi connectivity index (χ3n) is 3.80. The van der Waals surface area contributed by atoms with Crippen molar-refractivity contribution in [3.05, 3.63) is 65.2 Å². The molecule has 0 saturated heterocycles. The molecule has 1 aliphatic heterocycles. The number of allylic oxidation sites excluding steroid dienone is 5. The number of carbonyl (C=O) groups is 1. The Morgan fingerprint density at radius 3 is 2.80 bits per heavy atom. The first-order valence-corrected chi connectivity index (χ1v) is 7.55. The first kappa shape index (κ1) is 15.3. The number of pyridine rings is 1. The number of hydrogen-bond donors (Lipinski definition) is 2. The summed E-state index contributed by atoms with van der Waals surface area (Å²) in [4.78, 5) is 16.7. The number of alkyl halides is 2. The van der Waals surface area contributed by atoms with E-state index in [1.54, 1.807) is 37.3 Å². The summed E-state index contributed by atoms with van der Waals surface area (Å²) < 4.78 is 27.7. The number of rotatable bonds is 3. The second-order valence-electron chi connectivity index (χ2n) is 5.63. The van der Waals surface area contributed by atoms with Crippen molar-refractivity contribution >= 4 is 23.2 Å². The SMILES string of the molecule is Cc1cccc(NC(=O)c2cnn3c2NC(=C2C=C2)C=C3C(F)F)n1. The van der Waals surface area contributed by atoms with Gasteiger partial charge in [-0.2, -0.15) is 5.10 Å². The molecule has 0 bridgehead atoms. The number of amides is 1. The molecular weight excluding hydrogens is 328 g/mol. The van der Waals surface area contributed by atoms with Gasteiger partial charge in [0.2, 0.25) is 0 Å². The number of carbonyl (C=O) groups excluding carboxylic acids is 1. The average molecular weight is 341 g/mol.